The van der Waals surface area contributed by atoms with Crippen LogP contribution >= 0.6 is 0 Å². The van der Waals surface area contributed by atoms with Gasteiger partial charge in [-0.15, -0.1) is 0 Å². The van der Waals surface area contributed by atoms with Crippen LogP contribution in [0.3, 0.4) is 0 Å². The largest absolute Gasteiger partial charge is 0.507 e. The topological polar surface area (TPSA) is 87.7 Å². The molecule has 1 amide bonds. The molecule has 3 aromatic carbocycles. The first-order chi connectivity index (χ1) is 18.0. The van der Waals surface area contributed by atoms with Crippen molar-refractivity contribution in [2.45, 2.75) is 26.3 Å². The summed E-state index contributed by atoms with van der Waals surface area (Å²) in [6.45, 7) is 5.28. The Labute approximate surface area is 216 Å². The smallest absolute Gasteiger partial charge is 0.273 e. The molecule has 0 bridgehead atoms. The zero-order chi connectivity index (χ0) is 25.9. The fourth-order valence-corrected chi connectivity index (χ4v) is 4.78. The van der Waals surface area contributed by atoms with Crippen molar-refractivity contribution in [2.24, 2.45) is 5.92 Å². The van der Waals surface area contributed by atoms with Crippen molar-refractivity contribution in [2.75, 3.05) is 20.3 Å². The molecular formula is C30H31N3O4. The van der Waals surface area contributed by atoms with E-state index in [1.807, 2.05) is 53.4 Å². The van der Waals surface area contributed by atoms with Crippen LogP contribution < -0.4 is 9.47 Å². The number of nitrogens with zero attached hydrogens (tertiary/aromatic N) is 2. The number of rotatable bonds is 9. The summed E-state index contributed by atoms with van der Waals surface area (Å²) in [5.74, 6) is 1.63. The van der Waals surface area contributed by atoms with Crippen molar-refractivity contribution in [1.82, 2.24) is 15.1 Å². The lowest BCUT2D eigenvalue weighted by atomic mass is 9.95. The highest BCUT2D eigenvalue weighted by Gasteiger charge is 2.42. The number of aromatic nitrogens is 2. The minimum atomic E-state index is -0.410. The van der Waals surface area contributed by atoms with Crippen LogP contribution in [0.1, 0.15) is 47.1 Å². The highest BCUT2D eigenvalue weighted by molar-refractivity contribution is 6.00. The number of amides is 1. The maximum absolute atomic E-state index is 13.7. The number of nitrogens with one attached hydrogen (secondary N) is 1. The van der Waals surface area contributed by atoms with Crippen LogP contribution in [0.5, 0.6) is 17.2 Å². The van der Waals surface area contributed by atoms with Crippen molar-refractivity contribution >= 4 is 5.91 Å². The van der Waals surface area contributed by atoms with Gasteiger partial charge in [0.15, 0.2) is 11.5 Å². The third-order valence-electron chi connectivity index (χ3n) is 6.58. The second-order valence-electron chi connectivity index (χ2n) is 9.63. The number of carbonyl (C=O) groups excluding carboxylic acids is 1. The molecule has 4 aromatic rings. The fourth-order valence-electron chi connectivity index (χ4n) is 4.78. The number of para-hydroxylation sites is 1. The number of phenols is 1. The molecule has 0 spiro atoms. The number of aromatic amines is 1. The van der Waals surface area contributed by atoms with Gasteiger partial charge in [0.05, 0.1) is 19.8 Å². The van der Waals surface area contributed by atoms with E-state index in [0.717, 1.165) is 16.7 Å². The molecule has 0 radical (unpaired) electrons. The molecule has 7 nitrogen and oxygen atoms in total. The van der Waals surface area contributed by atoms with E-state index in [0.29, 0.717) is 53.9 Å². The van der Waals surface area contributed by atoms with Crippen molar-refractivity contribution in [3.05, 3.63) is 95.2 Å². The van der Waals surface area contributed by atoms with Crippen molar-refractivity contribution in [1.29, 1.82) is 0 Å². The summed E-state index contributed by atoms with van der Waals surface area (Å²) < 4.78 is 11.6. The Morgan fingerprint density at radius 2 is 1.78 bits per heavy atom. The number of hydrogen-bond acceptors (Lipinski definition) is 5. The summed E-state index contributed by atoms with van der Waals surface area (Å²) in [5, 5.41) is 18.0. The van der Waals surface area contributed by atoms with Crippen LogP contribution in [-0.2, 0) is 6.42 Å². The molecule has 7 heteroatoms. The fraction of sp³-hybridized carbons (Fsp3) is 0.267. The summed E-state index contributed by atoms with van der Waals surface area (Å²) >= 11 is 0. The molecule has 190 valence electrons. The molecule has 2 N–H and O–H groups in total. The van der Waals surface area contributed by atoms with Crippen molar-refractivity contribution in [3.8, 4) is 28.5 Å². The van der Waals surface area contributed by atoms with Crippen LogP contribution in [0.4, 0.5) is 0 Å². The van der Waals surface area contributed by atoms with E-state index in [1.54, 1.807) is 19.2 Å². The first-order valence-corrected chi connectivity index (χ1v) is 12.5. The third-order valence-corrected chi connectivity index (χ3v) is 6.58. The first kappa shape index (κ1) is 24.4. The van der Waals surface area contributed by atoms with Gasteiger partial charge in [-0.1, -0.05) is 62.4 Å². The van der Waals surface area contributed by atoms with Gasteiger partial charge >= 0.3 is 0 Å². The average Bonchev–Trinajstić information content (AvgIpc) is 3.45. The molecule has 1 aromatic heterocycles. The second-order valence-corrected chi connectivity index (χ2v) is 9.63. The lowest BCUT2D eigenvalue weighted by molar-refractivity contribution is 0.0745. The van der Waals surface area contributed by atoms with E-state index in [-0.39, 0.29) is 11.7 Å². The molecule has 1 atom stereocenters. The summed E-state index contributed by atoms with van der Waals surface area (Å²) in [6.07, 6.45) is 0.708. The zero-order valence-corrected chi connectivity index (χ0v) is 21.3. The number of fused-ring (bicyclic) bond motifs is 1. The SMILES string of the molecule is COc1cc([C@H]2c3c(-c4ccccc4O)n[nH]c3C(=O)N2CCc2ccccc2)ccc1OCC(C)C. The highest BCUT2D eigenvalue weighted by Crippen LogP contribution is 2.45. The van der Waals surface area contributed by atoms with Gasteiger partial charge in [0.2, 0.25) is 0 Å². The molecule has 1 aliphatic heterocycles. The van der Waals surface area contributed by atoms with Crippen molar-refractivity contribution in [3.63, 3.8) is 0 Å². The van der Waals surface area contributed by atoms with E-state index in [1.165, 1.54) is 0 Å². The van der Waals surface area contributed by atoms with E-state index in [4.69, 9.17) is 9.47 Å². The summed E-state index contributed by atoms with van der Waals surface area (Å²) in [7, 11) is 1.62. The van der Waals surface area contributed by atoms with Gasteiger partial charge in [0.25, 0.3) is 5.91 Å². The van der Waals surface area contributed by atoms with E-state index in [9.17, 15) is 9.90 Å². The molecule has 0 unspecified atom stereocenters. The number of aromatic hydroxyl groups is 1. The van der Waals surface area contributed by atoms with Crippen LogP contribution in [0, 0.1) is 5.92 Å². The summed E-state index contributed by atoms with van der Waals surface area (Å²) in [4.78, 5) is 15.5. The number of ether oxygens (including phenoxy) is 2. The molecule has 5 rings (SSSR count). The summed E-state index contributed by atoms with van der Waals surface area (Å²) in [5.41, 5.74) is 4.36. The van der Waals surface area contributed by atoms with Gasteiger partial charge in [-0.2, -0.15) is 5.10 Å². The summed E-state index contributed by atoms with van der Waals surface area (Å²) in [6, 6.07) is 22.6. The predicted octanol–water partition coefficient (Wildman–Crippen LogP) is 5.61. The second kappa shape index (κ2) is 10.4. The lowest BCUT2D eigenvalue weighted by Gasteiger charge is -2.27. The van der Waals surface area contributed by atoms with E-state index >= 15 is 0 Å². The number of benzene rings is 3. The Bertz CT molecular complexity index is 1400. The number of carbonyl (C=O) groups is 1. The van der Waals surface area contributed by atoms with Gasteiger partial charge in [-0.05, 0) is 47.7 Å². The van der Waals surface area contributed by atoms with Crippen LogP contribution in [-0.4, -0.2) is 46.4 Å². The standard InChI is InChI=1S/C30H31N3O4/c1-19(2)18-37-24-14-13-21(17-25(24)36-3)29-26-27(22-11-7-8-12-23(22)34)31-32-28(26)30(35)33(29)16-15-20-9-5-4-6-10-20/h4-14,17,19,29,34H,15-16,18H2,1-3H3,(H,31,32)/t29-/m0/s1. The lowest BCUT2D eigenvalue weighted by Crippen LogP contribution is -2.31. The molecule has 0 saturated heterocycles. The Morgan fingerprint density at radius 3 is 2.51 bits per heavy atom. The van der Waals surface area contributed by atoms with Crippen molar-refractivity contribution < 1.29 is 19.4 Å². The monoisotopic (exact) mass is 497 g/mol. The van der Waals surface area contributed by atoms with E-state index in [2.05, 4.69) is 36.2 Å². The van der Waals surface area contributed by atoms with Gasteiger partial charge in [-0.3, -0.25) is 9.89 Å². The molecule has 2 heterocycles. The highest BCUT2D eigenvalue weighted by atomic mass is 16.5. The van der Waals surface area contributed by atoms with Gasteiger partial charge < -0.3 is 19.5 Å². The van der Waals surface area contributed by atoms with Gasteiger partial charge in [0, 0.05) is 17.7 Å². The molecule has 0 aliphatic carbocycles. The molecule has 0 fully saturated rings. The molecule has 0 saturated carbocycles. The maximum Gasteiger partial charge on any atom is 0.273 e. The molecule has 37 heavy (non-hydrogen) atoms. The van der Waals surface area contributed by atoms with Crippen LogP contribution in [0.15, 0.2) is 72.8 Å². The number of hydrogen-bond donors (Lipinski definition) is 2. The number of H-pyrrole nitrogens is 1. The van der Waals surface area contributed by atoms with E-state index < -0.39 is 6.04 Å². The number of phenolic OH excluding ortho intramolecular Hbond substituents is 1. The minimum Gasteiger partial charge on any atom is -0.507 e. The van der Waals surface area contributed by atoms with Gasteiger partial charge in [0.1, 0.15) is 17.1 Å². The quantitative estimate of drug-likeness (QED) is 0.314. The van der Waals surface area contributed by atoms with Crippen LogP contribution in [0.25, 0.3) is 11.3 Å². The normalized spacial score (nSPS) is 14.8. The Morgan fingerprint density at radius 1 is 1.03 bits per heavy atom. The zero-order valence-electron chi connectivity index (χ0n) is 21.3. The molecular weight excluding hydrogens is 466 g/mol. The van der Waals surface area contributed by atoms with Crippen LogP contribution in [0.2, 0.25) is 0 Å². The van der Waals surface area contributed by atoms with Gasteiger partial charge in [-0.25, -0.2) is 0 Å². The minimum absolute atomic E-state index is 0.112. The molecule has 1 aliphatic rings. The maximum atomic E-state index is 13.7. The predicted molar refractivity (Wildman–Crippen MR) is 142 cm³/mol. The third kappa shape index (κ3) is 4.77. The Hall–Kier alpha value is -4.26. The number of methoxy groups -OCH3 is 1. The average molecular weight is 498 g/mol. The Kier molecular flexibility index (Phi) is 6.86. The Balaban J connectivity index is 1.58. The first-order valence-electron chi connectivity index (χ1n) is 12.5.